The summed E-state index contributed by atoms with van der Waals surface area (Å²) in [6.45, 7) is 2.27. The molecule has 0 N–H and O–H groups in total. The molecule has 2 heterocycles. The summed E-state index contributed by atoms with van der Waals surface area (Å²) in [5.74, 6) is 0.480. The molecule has 0 amide bonds. The largest absolute Gasteiger partial charge is 0.300 e. The van der Waals surface area contributed by atoms with Crippen molar-refractivity contribution in [1.82, 2.24) is 4.90 Å². The summed E-state index contributed by atoms with van der Waals surface area (Å²) in [7, 11) is 0. The highest BCUT2D eigenvalue weighted by atomic mass is 16.1. The smallest absolute Gasteiger partial charge is 0.135 e. The van der Waals surface area contributed by atoms with E-state index in [2.05, 4.69) is 4.90 Å². The van der Waals surface area contributed by atoms with Gasteiger partial charge in [0.15, 0.2) is 0 Å². The van der Waals surface area contributed by atoms with Gasteiger partial charge in [-0.1, -0.05) is 6.42 Å². The third kappa shape index (κ3) is 1.45. The fourth-order valence-electron chi connectivity index (χ4n) is 2.22. The number of carbonyl (C=O) groups excluding carboxylic acids is 1. The molecule has 1 atom stereocenters. The second-order valence-corrected chi connectivity index (χ2v) is 3.68. The Bertz CT molecular complexity index is 167. The van der Waals surface area contributed by atoms with Crippen molar-refractivity contribution in [2.24, 2.45) is 0 Å². The molecule has 0 aliphatic carbocycles. The lowest BCUT2D eigenvalue weighted by atomic mass is 9.93. The fourth-order valence-corrected chi connectivity index (χ4v) is 2.22. The number of ketones is 1. The van der Waals surface area contributed by atoms with Crippen LogP contribution in [0.5, 0.6) is 0 Å². The molecule has 2 fully saturated rings. The second-order valence-electron chi connectivity index (χ2n) is 3.68. The molecule has 0 aromatic carbocycles. The lowest BCUT2D eigenvalue weighted by Gasteiger charge is -2.38. The first kappa shape index (κ1) is 7.29. The van der Waals surface area contributed by atoms with Crippen LogP contribution in [-0.2, 0) is 4.79 Å². The number of piperidine rings is 2. The molecule has 0 unspecified atom stereocenters. The minimum Gasteiger partial charge on any atom is -0.300 e. The van der Waals surface area contributed by atoms with E-state index in [-0.39, 0.29) is 0 Å². The van der Waals surface area contributed by atoms with Crippen LogP contribution in [0.4, 0.5) is 0 Å². The predicted octanol–water partition coefficient (Wildman–Crippen LogP) is 1.20. The Balaban J connectivity index is 1.98. The Morgan fingerprint density at radius 1 is 1.27 bits per heavy atom. The molecular formula is C9H15NO. The van der Waals surface area contributed by atoms with Crippen LogP contribution in [0.2, 0.25) is 0 Å². The van der Waals surface area contributed by atoms with E-state index >= 15 is 0 Å². The van der Waals surface area contributed by atoms with Crippen LogP contribution in [0.15, 0.2) is 0 Å². The maximum atomic E-state index is 11.1. The van der Waals surface area contributed by atoms with E-state index in [0.717, 1.165) is 19.4 Å². The molecule has 2 heteroatoms. The quantitative estimate of drug-likeness (QED) is 0.521. The third-order valence-electron chi connectivity index (χ3n) is 2.89. The maximum absolute atomic E-state index is 11.1. The van der Waals surface area contributed by atoms with Crippen molar-refractivity contribution in [1.29, 1.82) is 0 Å². The molecule has 0 saturated carbocycles. The van der Waals surface area contributed by atoms with Gasteiger partial charge in [-0.05, 0) is 19.4 Å². The first-order valence-electron chi connectivity index (χ1n) is 4.62. The molecule has 11 heavy (non-hydrogen) atoms. The van der Waals surface area contributed by atoms with Crippen molar-refractivity contribution in [3.8, 4) is 0 Å². The Kier molecular flexibility index (Phi) is 1.95. The summed E-state index contributed by atoms with van der Waals surface area (Å²) >= 11 is 0. The van der Waals surface area contributed by atoms with E-state index in [1.807, 2.05) is 0 Å². The van der Waals surface area contributed by atoms with Crippen molar-refractivity contribution < 1.29 is 4.79 Å². The average Bonchev–Trinajstić information content (AvgIpc) is 2.04. The van der Waals surface area contributed by atoms with Crippen LogP contribution >= 0.6 is 0 Å². The van der Waals surface area contributed by atoms with E-state index in [0.29, 0.717) is 11.8 Å². The molecule has 2 aliphatic heterocycles. The number of carbonyl (C=O) groups is 1. The zero-order chi connectivity index (χ0) is 7.68. The number of nitrogens with zero attached hydrogens (tertiary/aromatic N) is 1. The van der Waals surface area contributed by atoms with Crippen molar-refractivity contribution in [2.75, 3.05) is 13.1 Å². The van der Waals surface area contributed by atoms with Gasteiger partial charge in [0, 0.05) is 25.4 Å². The summed E-state index contributed by atoms with van der Waals surface area (Å²) < 4.78 is 0. The Hall–Kier alpha value is -0.370. The summed E-state index contributed by atoms with van der Waals surface area (Å²) in [5, 5.41) is 0. The lowest BCUT2D eigenvalue weighted by molar-refractivity contribution is -0.123. The van der Waals surface area contributed by atoms with Crippen LogP contribution in [0.3, 0.4) is 0 Å². The zero-order valence-electron chi connectivity index (χ0n) is 6.88. The van der Waals surface area contributed by atoms with Crippen LogP contribution in [0.1, 0.15) is 32.1 Å². The van der Waals surface area contributed by atoms with Gasteiger partial charge in [0.25, 0.3) is 0 Å². The monoisotopic (exact) mass is 153 g/mol. The van der Waals surface area contributed by atoms with Crippen molar-refractivity contribution in [3.05, 3.63) is 0 Å². The van der Waals surface area contributed by atoms with Crippen molar-refractivity contribution in [3.63, 3.8) is 0 Å². The molecule has 2 nitrogen and oxygen atoms in total. The number of hydrogen-bond donors (Lipinski definition) is 0. The molecule has 0 aromatic rings. The van der Waals surface area contributed by atoms with Gasteiger partial charge in [0.1, 0.15) is 5.78 Å². The lowest BCUT2D eigenvalue weighted by Crippen LogP contribution is -2.45. The molecule has 0 radical (unpaired) electrons. The average molecular weight is 153 g/mol. The van der Waals surface area contributed by atoms with Gasteiger partial charge in [-0.2, -0.15) is 0 Å². The van der Waals surface area contributed by atoms with Crippen LogP contribution in [-0.4, -0.2) is 29.8 Å². The molecule has 2 aliphatic rings. The van der Waals surface area contributed by atoms with Crippen molar-refractivity contribution >= 4 is 5.78 Å². The molecular weight excluding hydrogens is 138 g/mol. The minimum absolute atomic E-state index is 0.480. The summed E-state index contributed by atoms with van der Waals surface area (Å²) in [6, 6.07) is 0.616. The summed E-state index contributed by atoms with van der Waals surface area (Å²) in [5.41, 5.74) is 0. The van der Waals surface area contributed by atoms with Gasteiger partial charge in [0.05, 0.1) is 0 Å². The highest BCUT2D eigenvalue weighted by molar-refractivity contribution is 5.80. The van der Waals surface area contributed by atoms with E-state index in [4.69, 9.17) is 0 Å². The van der Waals surface area contributed by atoms with Gasteiger partial charge in [-0.25, -0.2) is 0 Å². The number of fused-ring (bicyclic) bond motifs is 1. The van der Waals surface area contributed by atoms with E-state index in [1.54, 1.807) is 0 Å². The van der Waals surface area contributed by atoms with Crippen LogP contribution in [0.25, 0.3) is 0 Å². The van der Waals surface area contributed by atoms with Crippen LogP contribution < -0.4 is 0 Å². The topological polar surface area (TPSA) is 20.3 Å². The normalized spacial score (nSPS) is 33.5. The molecule has 2 saturated heterocycles. The molecule has 0 spiro atoms. The van der Waals surface area contributed by atoms with Gasteiger partial charge < -0.3 is 0 Å². The molecule has 2 rings (SSSR count). The summed E-state index contributed by atoms with van der Waals surface area (Å²) in [6.07, 6.45) is 5.56. The zero-order valence-corrected chi connectivity index (χ0v) is 6.88. The Labute approximate surface area is 67.6 Å². The summed E-state index contributed by atoms with van der Waals surface area (Å²) in [4.78, 5) is 13.6. The van der Waals surface area contributed by atoms with E-state index in [1.165, 1.54) is 25.8 Å². The van der Waals surface area contributed by atoms with Gasteiger partial charge in [-0.3, -0.25) is 9.69 Å². The SMILES string of the molecule is O=C1CCN2CCCC[C@@H]2C1. The highest BCUT2D eigenvalue weighted by Gasteiger charge is 2.28. The van der Waals surface area contributed by atoms with Gasteiger partial charge in [0.2, 0.25) is 0 Å². The number of rotatable bonds is 0. The third-order valence-corrected chi connectivity index (χ3v) is 2.89. The standard InChI is InChI=1S/C9H15NO/c11-9-4-6-10-5-2-1-3-8(10)7-9/h8H,1-7H2/t8-/m1/s1. The Morgan fingerprint density at radius 2 is 2.18 bits per heavy atom. The predicted molar refractivity (Wildman–Crippen MR) is 43.5 cm³/mol. The van der Waals surface area contributed by atoms with Crippen LogP contribution in [0, 0.1) is 0 Å². The van der Waals surface area contributed by atoms with Gasteiger partial charge >= 0.3 is 0 Å². The molecule has 0 aromatic heterocycles. The number of Topliss-reactive ketones (excluding diaryl/α,β-unsaturated/α-hetero) is 1. The maximum Gasteiger partial charge on any atom is 0.135 e. The highest BCUT2D eigenvalue weighted by Crippen LogP contribution is 2.23. The molecule has 62 valence electrons. The first-order valence-corrected chi connectivity index (χ1v) is 4.62. The fraction of sp³-hybridized carbons (Fsp3) is 0.889. The van der Waals surface area contributed by atoms with Gasteiger partial charge in [-0.15, -0.1) is 0 Å². The second kappa shape index (κ2) is 2.94. The number of hydrogen-bond acceptors (Lipinski definition) is 2. The van der Waals surface area contributed by atoms with E-state index in [9.17, 15) is 4.79 Å². The first-order chi connectivity index (χ1) is 5.36. The van der Waals surface area contributed by atoms with Crippen molar-refractivity contribution in [2.45, 2.75) is 38.1 Å². The minimum atomic E-state index is 0.480. The molecule has 0 bridgehead atoms. The Morgan fingerprint density at radius 3 is 3.09 bits per heavy atom. The van der Waals surface area contributed by atoms with E-state index < -0.39 is 0 Å².